The molecule has 0 saturated heterocycles. The fourth-order valence-corrected chi connectivity index (χ4v) is 2.00. The van der Waals surface area contributed by atoms with Gasteiger partial charge in [0, 0.05) is 18.4 Å². The summed E-state index contributed by atoms with van der Waals surface area (Å²) in [5.41, 5.74) is 8.52. The maximum Gasteiger partial charge on any atom is 0.337 e. The number of rotatable bonds is 4. The number of carboxylic acids is 1. The summed E-state index contributed by atoms with van der Waals surface area (Å²) in [6.45, 7) is 4.70. The summed E-state index contributed by atoms with van der Waals surface area (Å²) in [6, 6.07) is 9.44. The third-order valence-corrected chi connectivity index (χ3v) is 3.06. The Morgan fingerprint density at radius 1 is 1.35 bits per heavy atom. The van der Waals surface area contributed by atoms with Crippen LogP contribution in [0.2, 0.25) is 0 Å². The van der Waals surface area contributed by atoms with E-state index < -0.39 is 5.97 Å². The molecule has 1 aromatic heterocycles. The third-order valence-electron chi connectivity index (χ3n) is 3.06. The maximum atomic E-state index is 10.9. The van der Waals surface area contributed by atoms with Gasteiger partial charge in [0.1, 0.15) is 0 Å². The van der Waals surface area contributed by atoms with Gasteiger partial charge in [-0.25, -0.2) is 9.78 Å². The summed E-state index contributed by atoms with van der Waals surface area (Å²) in [6.07, 6.45) is 1.32. The Kier molecular flexibility index (Phi) is 3.89. The molecule has 1 aromatic carbocycles. The van der Waals surface area contributed by atoms with Crippen molar-refractivity contribution in [2.24, 2.45) is 0 Å². The minimum atomic E-state index is -1.03. The molecule has 2 aromatic rings. The Balaban J connectivity index is 2.41. The lowest BCUT2D eigenvalue weighted by molar-refractivity contribution is 0.0696. The molecule has 0 radical (unpaired) electrons. The van der Waals surface area contributed by atoms with Crippen molar-refractivity contribution in [3.05, 3.63) is 47.7 Å². The van der Waals surface area contributed by atoms with Gasteiger partial charge in [-0.3, -0.25) is 0 Å². The van der Waals surface area contributed by atoms with Crippen molar-refractivity contribution in [3.8, 4) is 0 Å². The van der Waals surface area contributed by atoms with E-state index in [9.17, 15) is 4.79 Å². The lowest BCUT2D eigenvalue weighted by Crippen LogP contribution is -2.19. The monoisotopic (exact) mass is 271 g/mol. The summed E-state index contributed by atoms with van der Waals surface area (Å²) < 4.78 is 0. The second kappa shape index (κ2) is 5.61. The molecule has 0 spiro atoms. The molecule has 0 bridgehead atoms. The van der Waals surface area contributed by atoms with Crippen LogP contribution in [-0.2, 0) is 0 Å². The van der Waals surface area contributed by atoms with Gasteiger partial charge in [-0.05, 0) is 32.0 Å². The predicted octanol–water partition coefficient (Wildman–Crippen LogP) is 2.83. The number of benzene rings is 1. The molecule has 0 aliphatic carbocycles. The van der Waals surface area contributed by atoms with E-state index in [-0.39, 0.29) is 5.56 Å². The smallest absolute Gasteiger partial charge is 0.337 e. The molecule has 2 rings (SSSR count). The molecule has 20 heavy (non-hydrogen) atoms. The highest BCUT2D eigenvalue weighted by molar-refractivity contribution is 5.89. The van der Waals surface area contributed by atoms with E-state index in [0.29, 0.717) is 18.1 Å². The van der Waals surface area contributed by atoms with Gasteiger partial charge in [-0.2, -0.15) is 0 Å². The van der Waals surface area contributed by atoms with Crippen LogP contribution >= 0.6 is 0 Å². The quantitative estimate of drug-likeness (QED) is 0.893. The van der Waals surface area contributed by atoms with Crippen LogP contribution in [0, 0.1) is 6.92 Å². The van der Waals surface area contributed by atoms with Crippen LogP contribution in [0.3, 0.4) is 0 Å². The van der Waals surface area contributed by atoms with E-state index in [2.05, 4.69) is 4.98 Å². The SMILES string of the molecule is CCN(c1ccc(C)cc1)c1ncc(C(=O)O)cc1N. The van der Waals surface area contributed by atoms with Crippen LogP contribution in [0.15, 0.2) is 36.5 Å². The predicted molar refractivity (Wildman–Crippen MR) is 79.5 cm³/mol. The highest BCUT2D eigenvalue weighted by atomic mass is 16.4. The van der Waals surface area contributed by atoms with Gasteiger partial charge < -0.3 is 15.7 Å². The van der Waals surface area contributed by atoms with Crippen molar-refractivity contribution in [1.29, 1.82) is 0 Å². The first-order chi connectivity index (χ1) is 9.52. The Morgan fingerprint density at radius 3 is 2.50 bits per heavy atom. The highest BCUT2D eigenvalue weighted by Gasteiger charge is 2.14. The Labute approximate surface area is 117 Å². The Hall–Kier alpha value is -2.56. The average molecular weight is 271 g/mol. The first-order valence-electron chi connectivity index (χ1n) is 6.36. The lowest BCUT2D eigenvalue weighted by atomic mass is 10.2. The second-order valence-corrected chi connectivity index (χ2v) is 4.52. The molecular formula is C15H17N3O2. The molecule has 104 valence electrons. The van der Waals surface area contributed by atoms with E-state index in [1.54, 1.807) is 0 Å². The number of nitrogens with zero attached hydrogens (tertiary/aromatic N) is 2. The number of nitrogen functional groups attached to an aromatic ring is 1. The van der Waals surface area contributed by atoms with Gasteiger partial charge in [0.15, 0.2) is 5.82 Å². The Bertz CT molecular complexity index is 624. The molecule has 0 fully saturated rings. The van der Waals surface area contributed by atoms with Crippen molar-refractivity contribution >= 4 is 23.2 Å². The van der Waals surface area contributed by atoms with Crippen molar-refractivity contribution in [3.63, 3.8) is 0 Å². The van der Waals surface area contributed by atoms with E-state index in [4.69, 9.17) is 10.8 Å². The average Bonchev–Trinajstić information content (AvgIpc) is 2.43. The first-order valence-corrected chi connectivity index (χ1v) is 6.36. The molecule has 0 aliphatic heterocycles. The summed E-state index contributed by atoms with van der Waals surface area (Å²) in [5.74, 6) is -0.463. The van der Waals surface area contributed by atoms with Crippen LogP contribution < -0.4 is 10.6 Å². The number of hydrogen-bond acceptors (Lipinski definition) is 4. The number of carboxylic acid groups (broad SMARTS) is 1. The highest BCUT2D eigenvalue weighted by Crippen LogP contribution is 2.28. The summed E-state index contributed by atoms with van der Waals surface area (Å²) in [7, 11) is 0. The zero-order chi connectivity index (χ0) is 14.7. The van der Waals surface area contributed by atoms with Gasteiger partial charge in [0.25, 0.3) is 0 Å². The molecule has 5 heteroatoms. The zero-order valence-electron chi connectivity index (χ0n) is 11.5. The fourth-order valence-electron chi connectivity index (χ4n) is 2.00. The number of aromatic carboxylic acids is 1. The molecule has 0 unspecified atom stereocenters. The third kappa shape index (κ3) is 2.71. The lowest BCUT2D eigenvalue weighted by Gasteiger charge is -2.23. The molecular weight excluding hydrogens is 254 g/mol. The maximum absolute atomic E-state index is 10.9. The molecule has 3 N–H and O–H groups in total. The van der Waals surface area contributed by atoms with Crippen molar-refractivity contribution in [2.45, 2.75) is 13.8 Å². The number of aryl methyl sites for hydroxylation is 1. The Morgan fingerprint density at radius 2 is 2.00 bits per heavy atom. The van der Waals surface area contributed by atoms with Crippen LogP contribution in [0.25, 0.3) is 0 Å². The largest absolute Gasteiger partial charge is 0.478 e. The van der Waals surface area contributed by atoms with Crippen LogP contribution in [-0.4, -0.2) is 22.6 Å². The fraction of sp³-hybridized carbons (Fsp3) is 0.200. The molecule has 0 atom stereocenters. The number of nitrogens with two attached hydrogens (primary N) is 1. The second-order valence-electron chi connectivity index (χ2n) is 4.52. The molecule has 0 amide bonds. The van der Waals surface area contributed by atoms with Crippen molar-refractivity contribution in [2.75, 3.05) is 17.2 Å². The topological polar surface area (TPSA) is 79.5 Å². The molecule has 5 nitrogen and oxygen atoms in total. The molecule has 0 aliphatic rings. The van der Waals surface area contributed by atoms with Gasteiger partial charge in [-0.15, -0.1) is 0 Å². The number of carbonyl (C=O) groups is 1. The van der Waals surface area contributed by atoms with Crippen LogP contribution in [0.4, 0.5) is 17.2 Å². The van der Waals surface area contributed by atoms with Gasteiger partial charge in [-0.1, -0.05) is 17.7 Å². The van der Waals surface area contributed by atoms with Gasteiger partial charge in [0.05, 0.1) is 11.3 Å². The summed E-state index contributed by atoms with van der Waals surface area (Å²) >= 11 is 0. The van der Waals surface area contributed by atoms with E-state index in [1.165, 1.54) is 17.8 Å². The minimum absolute atomic E-state index is 0.0891. The standard InChI is InChI=1S/C15H17N3O2/c1-3-18(12-6-4-10(2)5-7-12)14-13(16)8-11(9-17-14)15(19)20/h4-9H,3,16H2,1-2H3,(H,19,20). The van der Waals surface area contributed by atoms with E-state index in [0.717, 1.165) is 5.69 Å². The number of pyridine rings is 1. The number of anilines is 3. The zero-order valence-corrected chi connectivity index (χ0v) is 11.5. The normalized spacial score (nSPS) is 10.3. The van der Waals surface area contributed by atoms with Crippen molar-refractivity contribution < 1.29 is 9.90 Å². The van der Waals surface area contributed by atoms with E-state index >= 15 is 0 Å². The van der Waals surface area contributed by atoms with Crippen molar-refractivity contribution in [1.82, 2.24) is 4.98 Å². The number of aromatic nitrogens is 1. The first kappa shape index (κ1) is 13.9. The molecule has 1 heterocycles. The number of hydrogen-bond donors (Lipinski definition) is 2. The van der Waals surface area contributed by atoms with Gasteiger partial charge in [0.2, 0.25) is 0 Å². The van der Waals surface area contributed by atoms with Crippen LogP contribution in [0.1, 0.15) is 22.8 Å². The summed E-state index contributed by atoms with van der Waals surface area (Å²) in [4.78, 5) is 17.0. The van der Waals surface area contributed by atoms with E-state index in [1.807, 2.05) is 43.0 Å². The molecule has 0 saturated carbocycles. The summed E-state index contributed by atoms with van der Waals surface area (Å²) in [5, 5.41) is 8.93. The minimum Gasteiger partial charge on any atom is -0.478 e. The van der Waals surface area contributed by atoms with Gasteiger partial charge >= 0.3 is 5.97 Å². The van der Waals surface area contributed by atoms with Crippen LogP contribution in [0.5, 0.6) is 0 Å².